The van der Waals surface area contributed by atoms with Gasteiger partial charge in [-0.2, -0.15) is 0 Å². The van der Waals surface area contributed by atoms with Crippen LogP contribution in [-0.2, 0) is 20.7 Å². The summed E-state index contributed by atoms with van der Waals surface area (Å²) in [6.07, 6.45) is 2.17. The van der Waals surface area contributed by atoms with Gasteiger partial charge in [-0.1, -0.05) is 49.4 Å². The van der Waals surface area contributed by atoms with E-state index in [0.717, 1.165) is 11.1 Å². The highest BCUT2D eigenvalue weighted by Crippen LogP contribution is 2.29. The molecule has 9 heteroatoms. The highest BCUT2D eigenvalue weighted by Gasteiger charge is 2.18. The minimum absolute atomic E-state index is 0.0556. The molecule has 0 aliphatic carbocycles. The normalized spacial score (nSPS) is 10.4. The van der Waals surface area contributed by atoms with Crippen molar-refractivity contribution in [1.29, 1.82) is 0 Å². The van der Waals surface area contributed by atoms with Crippen LogP contribution in [0.15, 0.2) is 66.9 Å². The number of pyridine rings is 1. The van der Waals surface area contributed by atoms with Gasteiger partial charge in [-0.05, 0) is 37.1 Å². The minimum atomic E-state index is -0.787. The van der Waals surface area contributed by atoms with Crippen LogP contribution >= 0.6 is 0 Å². The monoisotopic (exact) mass is 512 g/mol. The molecule has 0 saturated heterocycles. The van der Waals surface area contributed by atoms with E-state index in [1.54, 1.807) is 13.0 Å². The first-order chi connectivity index (χ1) is 17.6. The molecular formula is C28H33FN2O6. The fourth-order valence-corrected chi connectivity index (χ4v) is 2.94. The second kappa shape index (κ2) is 16.4. The molecule has 0 radical (unpaired) electrons. The lowest BCUT2D eigenvalue weighted by atomic mass is 10.0. The average Bonchev–Trinajstić information content (AvgIpc) is 2.87. The van der Waals surface area contributed by atoms with Crippen molar-refractivity contribution in [3.05, 3.63) is 89.5 Å². The molecule has 3 aromatic rings. The maximum Gasteiger partial charge on any atom is 0.308 e. The van der Waals surface area contributed by atoms with Crippen molar-refractivity contribution >= 4 is 17.8 Å². The van der Waals surface area contributed by atoms with Crippen molar-refractivity contribution in [1.82, 2.24) is 4.98 Å². The van der Waals surface area contributed by atoms with Crippen LogP contribution in [0.3, 0.4) is 0 Å². The molecule has 0 fully saturated rings. The van der Waals surface area contributed by atoms with Crippen LogP contribution < -0.4 is 15.2 Å². The summed E-state index contributed by atoms with van der Waals surface area (Å²) >= 11 is 0. The summed E-state index contributed by atoms with van der Waals surface area (Å²) in [5, 5.41) is 0. The molecule has 1 heterocycles. The molecule has 8 nitrogen and oxygen atoms in total. The Morgan fingerprint density at radius 3 is 2.11 bits per heavy atom. The van der Waals surface area contributed by atoms with Crippen LogP contribution in [0.5, 0.6) is 11.5 Å². The Hall–Kier alpha value is -4.27. The summed E-state index contributed by atoms with van der Waals surface area (Å²) in [5.41, 5.74) is 6.83. The summed E-state index contributed by atoms with van der Waals surface area (Å²) in [6, 6.07) is 18.1. The van der Waals surface area contributed by atoms with Crippen molar-refractivity contribution in [3.8, 4) is 11.5 Å². The standard InChI is InChI=1S/C13H17FO2.C9H10N2O4.C6H6/c1-4-13(15)16-10(3)8-11-5-6-12(14)7-9(11)2;1-5(12)15-8-6(14-2)3-4-11-7(8)9(10)13;1-2-4-6-5-3-1/h5-7,10H,4,8H2,1-3H3;3-4H,1-2H3,(H2,10,13);1-6H. The molecule has 198 valence electrons. The number of ether oxygens (including phenoxy) is 3. The molecule has 0 spiro atoms. The number of nitrogens with two attached hydrogens (primary N) is 1. The van der Waals surface area contributed by atoms with Gasteiger partial charge in [0.25, 0.3) is 5.91 Å². The first-order valence-electron chi connectivity index (χ1n) is 11.5. The van der Waals surface area contributed by atoms with Crippen molar-refractivity contribution in [3.63, 3.8) is 0 Å². The zero-order valence-electron chi connectivity index (χ0n) is 21.7. The van der Waals surface area contributed by atoms with Crippen molar-refractivity contribution in [2.45, 2.75) is 46.6 Å². The third-order valence-corrected chi connectivity index (χ3v) is 4.67. The van der Waals surface area contributed by atoms with Crippen molar-refractivity contribution in [2.75, 3.05) is 7.11 Å². The summed E-state index contributed by atoms with van der Waals surface area (Å²) < 4.78 is 27.7. The Morgan fingerprint density at radius 1 is 1.05 bits per heavy atom. The zero-order valence-corrected chi connectivity index (χ0v) is 21.7. The summed E-state index contributed by atoms with van der Waals surface area (Å²) in [5.74, 6) is -1.63. The van der Waals surface area contributed by atoms with E-state index in [-0.39, 0.29) is 35.1 Å². The molecule has 2 aromatic carbocycles. The molecule has 1 atom stereocenters. The van der Waals surface area contributed by atoms with Crippen LogP contribution in [0, 0.1) is 12.7 Å². The number of carbonyl (C=O) groups excluding carboxylic acids is 3. The second-order valence-corrected chi connectivity index (χ2v) is 7.73. The number of amides is 1. The third-order valence-electron chi connectivity index (χ3n) is 4.67. The fraction of sp³-hybridized carbons (Fsp3) is 0.286. The lowest BCUT2D eigenvalue weighted by Gasteiger charge is -2.14. The van der Waals surface area contributed by atoms with Crippen LogP contribution in [-0.4, -0.2) is 36.0 Å². The van der Waals surface area contributed by atoms with Crippen LogP contribution in [0.25, 0.3) is 0 Å². The van der Waals surface area contributed by atoms with Crippen LogP contribution in [0.1, 0.15) is 48.8 Å². The average molecular weight is 513 g/mol. The number of esters is 2. The predicted molar refractivity (Wildman–Crippen MR) is 138 cm³/mol. The van der Waals surface area contributed by atoms with E-state index in [1.165, 1.54) is 38.4 Å². The second-order valence-electron chi connectivity index (χ2n) is 7.73. The van der Waals surface area contributed by atoms with Crippen LogP contribution in [0.4, 0.5) is 4.39 Å². The van der Waals surface area contributed by atoms with E-state index in [4.69, 9.17) is 19.9 Å². The molecule has 1 aromatic heterocycles. The van der Waals surface area contributed by atoms with E-state index >= 15 is 0 Å². The maximum atomic E-state index is 12.9. The number of hydrogen-bond donors (Lipinski definition) is 1. The molecule has 1 unspecified atom stereocenters. The Morgan fingerprint density at radius 2 is 1.65 bits per heavy atom. The van der Waals surface area contributed by atoms with Gasteiger partial charge in [0.2, 0.25) is 5.75 Å². The van der Waals surface area contributed by atoms with Gasteiger partial charge in [0.1, 0.15) is 11.9 Å². The largest absolute Gasteiger partial charge is 0.493 e. The van der Waals surface area contributed by atoms with E-state index in [0.29, 0.717) is 12.8 Å². The first-order valence-corrected chi connectivity index (χ1v) is 11.5. The van der Waals surface area contributed by atoms with Crippen molar-refractivity contribution in [2.24, 2.45) is 5.73 Å². The fourth-order valence-electron chi connectivity index (χ4n) is 2.94. The lowest BCUT2D eigenvalue weighted by Crippen LogP contribution is -2.17. The molecule has 2 N–H and O–H groups in total. The Bertz CT molecular complexity index is 1130. The van der Waals surface area contributed by atoms with E-state index in [2.05, 4.69) is 4.98 Å². The maximum absolute atomic E-state index is 12.9. The molecule has 0 saturated carbocycles. The number of halogens is 1. The quantitative estimate of drug-likeness (QED) is 0.451. The highest BCUT2D eigenvalue weighted by atomic mass is 19.1. The molecular weight excluding hydrogens is 479 g/mol. The van der Waals surface area contributed by atoms with Crippen molar-refractivity contribution < 1.29 is 33.0 Å². The summed E-state index contributed by atoms with van der Waals surface area (Å²) in [7, 11) is 1.38. The minimum Gasteiger partial charge on any atom is -0.493 e. The number of nitrogens with zero attached hydrogens (tertiary/aromatic N) is 1. The number of rotatable bonds is 7. The lowest BCUT2D eigenvalue weighted by molar-refractivity contribution is -0.147. The Kier molecular flexibility index (Phi) is 13.6. The Labute approximate surface area is 216 Å². The van der Waals surface area contributed by atoms with E-state index in [1.807, 2.05) is 50.2 Å². The first kappa shape index (κ1) is 30.8. The van der Waals surface area contributed by atoms with Gasteiger partial charge in [0.15, 0.2) is 11.4 Å². The van der Waals surface area contributed by atoms with E-state index < -0.39 is 11.9 Å². The van der Waals surface area contributed by atoms with Gasteiger partial charge in [-0.3, -0.25) is 14.4 Å². The molecule has 0 aliphatic heterocycles. The number of carbonyl (C=O) groups is 3. The van der Waals surface area contributed by atoms with Gasteiger partial charge in [-0.25, -0.2) is 9.37 Å². The number of aryl methyl sites for hydroxylation is 1. The van der Waals surface area contributed by atoms with E-state index in [9.17, 15) is 18.8 Å². The topological polar surface area (TPSA) is 118 Å². The van der Waals surface area contributed by atoms with Gasteiger partial charge in [0, 0.05) is 32.0 Å². The number of hydrogen-bond acceptors (Lipinski definition) is 7. The number of primary amides is 1. The van der Waals surface area contributed by atoms with Gasteiger partial charge >= 0.3 is 11.9 Å². The van der Waals surface area contributed by atoms with Gasteiger partial charge in [0.05, 0.1) is 7.11 Å². The highest BCUT2D eigenvalue weighted by molar-refractivity contribution is 5.95. The molecule has 3 rings (SSSR count). The number of aromatic nitrogens is 1. The van der Waals surface area contributed by atoms with Gasteiger partial charge in [-0.15, -0.1) is 0 Å². The van der Waals surface area contributed by atoms with Crippen LogP contribution in [0.2, 0.25) is 0 Å². The summed E-state index contributed by atoms with van der Waals surface area (Å²) in [6.45, 7) is 6.67. The zero-order chi connectivity index (χ0) is 27.8. The summed E-state index contributed by atoms with van der Waals surface area (Å²) in [4.78, 5) is 36.6. The molecule has 1 amide bonds. The van der Waals surface area contributed by atoms with Gasteiger partial charge < -0.3 is 19.9 Å². The number of methoxy groups -OCH3 is 1. The Balaban J connectivity index is 0.000000303. The molecule has 0 aliphatic rings. The molecule has 37 heavy (non-hydrogen) atoms. The third kappa shape index (κ3) is 11.8. The number of benzene rings is 2. The predicted octanol–water partition coefficient (Wildman–Crippen LogP) is 4.82. The SMILES string of the molecule is CCC(=O)OC(C)Cc1ccc(F)cc1C.COc1ccnc(C(N)=O)c1OC(C)=O.c1ccccc1. The smallest absolute Gasteiger partial charge is 0.308 e. The molecule has 0 bridgehead atoms.